The van der Waals surface area contributed by atoms with E-state index in [2.05, 4.69) is 4.98 Å². The number of aliphatic hydroxyl groups is 1. The number of nitrogens with one attached hydrogen (secondary N) is 1. The van der Waals surface area contributed by atoms with Crippen LogP contribution in [0, 0.1) is 0 Å². The predicted molar refractivity (Wildman–Crippen MR) is 115 cm³/mol. The van der Waals surface area contributed by atoms with E-state index in [1.54, 1.807) is 44.6 Å². The maximum absolute atomic E-state index is 12.7. The third-order valence-corrected chi connectivity index (χ3v) is 6.14. The summed E-state index contributed by atoms with van der Waals surface area (Å²) < 4.78 is 39.4. The monoisotopic (exact) mass is 461 g/mol. The second-order valence-electron chi connectivity index (χ2n) is 6.89. The first-order chi connectivity index (χ1) is 15.2. The molecule has 0 aliphatic heterocycles. The minimum Gasteiger partial charge on any atom is -0.497 e. The van der Waals surface area contributed by atoms with Crippen LogP contribution in [-0.2, 0) is 21.9 Å². The van der Waals surface area contributed by atoms with Gasteiger partial charge in [0.25, 0.3) is 6.01 Å². The summed E-state index contributed by atoms with van der Waals surface area (Å²) in [4.78, 5) is 15.3. The Morgan fingerprint density at radius 1 is 1.12 bits per heavy atom. The van der Waals surface area contributed by atoms with E-state index in [0.29, 0.717) is 5.75 Å². The van der Waals surface area contributed by atoms with Crippen molar-refractivity contribution in [1.29, 1.82) is 0 Å². The molecule has 11 heteroatoms. The third-order valence-electron chi connectivity index (χ3n) is 4.68. The van der Waals surface area contributed by atoms with Gasteiger partial charge in [-0.15, -0.1) is 0 Å². The van der Waals surface area contributed by atoms with E-state index in [1.165, 1.54) is 22.9 Å². The molecule has 0 aliphatic rings. The van der Waals surface area contributed by atoms with Gasteiger partial charge in [-0.1, -0.05) is 24.3 Å². The Hall–Kier alpha value is -3.41. The second kappa shape index (κ2) is 9.81. The highest BCUT2D eigenvalue weighted by atomic mass is 32.2. The lowest BCUT2D eigenvalue weighted by molar-refractivity contribution is -0.142. The summed E-state index contributed by atoms with van der Waals surface area (Å²) >= 11 is 0. The molecule has 32 heavy (non-hydrogen) atoms. The van der Waals surface area contributed by atoms with Gasteiger partial charge in [0.15, 0.2) is 0 Å². The molecule has 10 nitrogen and oxygen atoms in total. The zero-order chi connectivity index (χ0) is 23.3. The zero-order valence-electron chi connectivity index (χ0n) is 17.4. The number of sulfonamides is 1. The van der Waals surface area contributed by atoms with Crippen LogP contribution in [0.1, 0.15) is 0 Å². The van der Waals surface area contributed by atoms with Crippen molar-refractivity contribution in [2.75, 3.05) is 13.7 Å². The van der Waals surface area contributed by atoms with Crippen molar-refractivity contribution < 1.29 is 32.9 Å². The normalized spacial score (nSPS) is 13.3. The van der Waals surface area contributed by atoms with E-state index in [1.807, 2.05) is 16.9 Å². The van der Waals surface area contributed by atoms with Crippen molar-refractivity contribution >= 4 is 16.0 Å². The van der Waals surface area contributed by atoms with Crippen LogP contribution in [0.4, 0.5) is 0 Å². The lowest BCUT2D eigenvalue weighted by Crippen LogP contribution is -2.50. The Morgan fingerprint density at radius 2 is 1.72 bits per heavy atom. The molecule has 0 aliphatic carbocycles. The molecule has 0 radical (unpaired) electrons. The lowest BCUT2D eigenvalue weighted by atomic mass is 10.1. The first kappa shape index (κ1) is 23.3. The highest BCUT2D eigenvalue weighted by Crippen LogP contribution is 2.24. The Bertz CT molecular complexity index is 1160. The Balaban J connectivity index is 1.71. The Kier molecular flexibility index (Phi) is 7.13. The number of carboxylic acid groups (broad SMARTS) is 1. The number of hydrogen-bond donors (Lipinski definition) is 3. The molecule has 0 unspecified atom stereocenters. The first-order valence-corrected chi connectivity index (χ1v) is 11.0. The van der Waals surface area contributed by atoms with Gasteiger partial charge >= 0.3 is 5.97 Å². The molecule has 0 saturated carbocycles. The van der Waals surface area contributed by atoms with Crippen LogP contribution in [0.3, 0.4) is 0 Å². The Labute approximate surface area is 185 Å². The maximum atomic E-state index is 12.7. The third kappa shape index (κ3) is 5.44. The fourth-order valence-corrected chi connectivity index (χ4v) is 4.11. The van der Waals surface area contributed by atoms with Crippen molar-refractivity contribution in [2.45, 2.75) is 17.0 Å². The molecule has 3 rings (SSSR count). The van der Waals surface area contributed by atoms with Gasteiger partial charge in [0.05, 0.1) is 12.0 Å². The average molecular weight is 461 g/mol. The van der Waals surface area contributed by atoms with Crippen LogP contribution >= 0.6 is 0 Å². The van der Waals surface area contributed by atoms with Gasteiger partial charge in [-0.2, -0.15) is 4.72 Å². The van der Waals surface area contributed by atoms with E-state index < -0.39 is 34.7 Å². The van der Waals surface area contributed by atoms with E-state index in [0.717, 1.165) is 11.1 Å². The molecule has 2 aromatic carbocycles. The summed E-state index contributed by atoms with van der Waals surface area (Å²) in [6, 6.07) is 11.5. The number of imidazole rings is 1. The highest BCUT2D eigenvalue weighted by Gasteiger charge is 2.32. The fourth-order valence-electron chi connectivity index (χ4n) is 2.89. The number of aromatic nitrogens is 2. The SMILES string of the molecule is COc1ccc(-c2ccc(S(=O)(=O)N[C@@H](C(=O)O)[C@H](O)COc3nccn3C)cc2)cc1. The van der Waals surface area contributed by atoms with Crippen LogP contribution in [-0.4, -0.2) is 60.0 Å². The summed E-state index contributed by atoms with van der Waals surface area (Å²) in [5.41, 5.74) is 1.62. The van der Waals surface area contributed by atoms with Gasteiger partial charge in [0.2, 0.25) is 10.0 Å². The fraction of sp³-hybridized carbons (Fsp3) is 0.238. The number of nitrogens with zero attached hydrogens (tertiary/aromatic N) is 2. The first-order valence-electron chi connectivity index (χ1n) is 9.49. The van der Waals surface area contributed by atoms with Crippen molar-refractivity contribution in [3.8, 4) is 22.9 Å². The number of hydrogen-bond acceptors (Lipinski definition) is 7. The lowest BCUT2D eigenvalue weighted by Gasteiger charge is -2.20. The van der Waals surface area contributed by atoms with E-state index in [-0.39, 0.29) is 10.9 Å². The summed E-state index contributed by atoms with van der Waals surface area (Å²) in [5, 5.41) is 19.7. The quantitative estimate of drug-likeness (QED) is 0.410. The van der Waals surface area contributed by atoms with E-state index in [9.17, 15) is 23.4 Å². The number of aliphatic hydroxyl groups excluding tert-OH is 1. The number of methoxy groups -OCH3 is 1. The molecule has 0 saturated heterocycles. The maximum Gasteiger partial charge on any atom is 0.324 e. The van der Waals surface area contributed by atoms with Crippen molar-refractivity contribution in [3.63, 3.8) is 0 Å². The summed E-state index contributed by atoms with van der Waals surface area (Å²) in [5.74, 6) is -0.846. The summed E-state index contributed by atoms with van der Waals surface area (Å²) in [6.45, 7) is -0.471. The van der Waals surface area contributed by atoms with Gasteiger partial charge in [0.1, 0.15) is 24.5 Å². The molecule has 1 heterocycles. The molecular formula is C21H23N3O7S. The van der Waals surface area contributed by atoms with Crippen molar-refractivity contribution in [1.82, 2.24) is 14.3 Å². The van der Waals surface area contributed by atoms with Crippen LogP contribution < -0.4 is 14.2 Å². The van der Waals surface area contributed by atoms with Gasteiger partial charge in [-0.25, -0.2) is 13.4 Å². The number of carbonyl (C=O) groups is 1. The molecular weight excluding hydrogens is 438 g/mol. The smallest absolute Gasteiger partial charge is 0.324 e. The van der Waals surface area contributed by atoms with Crippen LogP contribution in [0.25, 0.3) is 11.1 Å². The number of rotatable bonds is 10. The number of ether oxygens (including phenoxy) is 2. The van der Waals surface area contributed by atoms with Gasteiger partial charge in [-0.05, 0) is 35.4 Å². The van der Waals surface area contributed by atoms with Crippen LogP contribution in [0.2, 0.25) is 0 Å². The van der Waals surface area contributed by atoms with Crippen LogP contribution in [0.5, 0.6) is 11.8 Å². The number of benzene rings is 2. The number of carboxylic acids is 1. The van der Waals surface area contributed by atoms with Crippen LogP contribution in [0.15, 0.2) is 65.8 Å². The van der Waals surface area contributed by atoms with Gasteiger partial charge in [0, 0.05) is 19.4 Å². The predicted octanol–water partition coefficient (Wildman–Crippen LogP) is 1.27. The standard InChI is InChI=1S/C21H23N3O7S/c1-24-12-11-22-21(24)31-13-18(25)19(20(26)27)23-32(28,29)17-9-5-15(6-10-17)14-3-7-16(30-2)8-4-14/h3-12,18-19,23,25H,13H2,1-2H3,(H,26,27)/t18-,19-/m1/s1. The molecule has 3 N–H and O–H groups in total. The molecule has 2 atom stereocenters. The molecule has 0 fully saturated rings. The molecule has 170 valence electrons. The molecule has 0 amide bonds. The molecule has 0 spiro atoms. The van der Waals surface area contributed by atoms with Gasteiger partial charge in [-0.3, -0.25) is 4.79 Å². The molecule has 3 aromatic rings. The average Bonchev–Trinajstić information content (AvgIpc) is 3.20. The minimum absolute atomic E-state index is 0.141. The topological polar surface area (TPSA) is 140 Å². The number of aliphatic carboxylic acids is 1. The summed E-state index contributed by atoms with van der Waals surface area (Å²) in [6.07, 6.45) is 1.42. The van der Waals surface area contributed by atoms with Crippen molar-refractivity contribution in [3.05, 3.63) is 60.9 Å². The molecule has 0 bridgehead atoms. The highest BCUT2D eigenvalue weighted by molar-refractivity contribution is 7.89. The van der Waals surface area contributed by atoms with E-state index >= 15 is 0 Å². The molecule has 1 aromatic heterocycles. The van der Waals surface area contributed by atoms with E-state index in [4.69, 9.17) is 9.47 Å². The minimum atomic E-state index is -4.23. The second-order valence-corrected chi connectivity index (χ2v) is 8.60. The summed E-state index contributed by atoms with van der Waals surface area (Å²) in [7, 11) is -1.01. The Morgan fingerprint density at radius 3 is 2.22 bits per heavy atom. The van der Waals surface area contributed by atoms with Crippen molar-refractivity contribution in [2.24, 2.45) is 7.05 Å². The number of aryl methyl sites for hydroxylation is 1. The largest absolute Gasteiger partial charge is 0.497 e. The van der Waals surface area contributed by atoms with Gasteiger partial charge < -0.3 is 24.3 Å². The zero-order valence-corrected chi connectivity index (χ0v) is 18.2.